The Morgan fingerprint density at radius 1 is 1.50 bits per heavy atom. The highest BCUT2D eigenvalue weighted by Gasteiger charge is 2.34. The largest absolute Gasteiger partial charge is 0.480 e. The Balaban J connectivity index is 2.40. The van der Waals surface area contributed by atoms with E-state index in [1.54, 1.807) is 6.92 Å². The van der Waals surface area contributed by atoms with E-state index < -0.39 is 12.0 Å². The fourth-order valence-electron chi connectivity index (χ4n) is 2.26. The average molecular weight is 312 g/mol. The molecule has 1 amide bonds. The van der Waals surface area contributed by atoms with Crippen LogP contribution in [0.2, 0.25) is 0 Å². The molecule has 4 nitrogen and oxygen atoms in total. The molecule has 2 rings (SSSR count). The monoisotopic (exact) mass is 311 g/mol. The number of aliphatic carboxylic acids is 1. The summed E-state index contributed by atoms with van der Waals surface area (Å²) in [6.45, 7) is 2.12. The van der Waals surface area contributed by atoms with E-state index in [0.29, 0.717) is 19.4 Å². The topological polar surface area (TPSA) is 57.6 Å². The van der Waals surface area contributed by atoms with Crippen molar-refractivity contribution in [3.63, 3.8) is 0 Å². The molecule has 1 unspecified atom stereocenters. The third kappa shape index (κ3) is 2.27. The summed E-state index contributed by atoms with van der Waals surface area (Å²) in [5.41, 5.74) is 2.01. The molecule has 5 heteroatoms. The van der Waals surface area contributed by atoms with Gasteiger partial charge in [0.2, 0.25) is 5.91 Å². The standard InChI is InChI=1S/C13H14BrNO3/c1-2-12(16)15-7-8-4-3-5-10(14)9(8)6-11(15)13(17)18/h3-5,11H,2,6-7H2,1H3,(H,17,18). The second kappa shape index (κ2) is 5.10. The molecular weight excluding hydrogens is 298 g/mol. The summed E-state index contributed by atoms with van der Waals surface area (Å²) in [5.74, 6) is -1.06. The van der Waals surface area contributed by atoms with Crippen LogP contribution in [0.25, 0.3) is 0 Å². The van der Waals surface area contributed by atoms with E-state index in [9.17, 15) is 14.7 Å². The molecule has 1 atom stereocenters. The van der Waals surface area contributed by atoms with Crippen LogP contribution in [0.1, 0.15) is 24.5 Å². The van der Waals surface area contributed by atoms with Crippen molar-refractivity contribution in [1.82, 2.24) is 4.90 Å². The van der Waals surface area contributed by atoms with E-state index in [0.717, 1.165) is 15.6 Å². The maximum absolute atomic E-state index is 11.8. The zero-order valence-corrected chi connectivity index (χ0v) is 11.6. The summed E-state index contributed by atoms with van der Waals surface area (Å²) in [4.78, 5) is 24.6. The van der Waals surface area contributed by atoms with Crippen molar-refractivity contribution in [2.75, 3.05) is 0 Å². The highest BCUT2D eigenvalue weighted by Crippen LogP contribution is 2.29. The fourth-order valence-corrected chi connectivity index (χ4v) is 2.83. The van der Waals surface area contributed by atoms with Crippen LogP contribution in [0.4, 0.5) is 0 Å². The molecule has 1 aromatic carbocycles. The number of carboxylic acids is 1. The van der Waals surface area contributed by atoms with Crippen LogP contribution in [0, 0.1) is 0 Å². The number of hydrogen-bond donors (Lipinski definition) is 1. The molecule has 1 heterocycles. The number of hydrogen-bond acceptors (Lipinski definition) is 2. The molecule has 1 aliphatic heterocycles. The second-order valence-electron chi connectivity index (χ2n) is 4.31. The summed E-state index contributed by atoms with van der Waals surface area (Å²) in [6, 6.07) is 4.98. The van der Waals surface area contributed by atoms with E-state index in [4.69, 9.17) is 0 Å². The first-order chi connectivity index (χ1) is 8.54. The van der Waals surface area contributed by atoms with Gasteiger partial charge in [0.1, 0.15) is 6.04 Å². The van der Waals surface area contributed by atoms with E-state index >= 15 is 0 Å². The van der Waals surface area contributed by atoms with Crippen LogP contribution < -0.4 is 0 Å². The number of fused-ring (bicyclic) bond motifs is 1. The molecule has 1 N–H and O–H groups in total. The van der Waals surface area contributed by atoms with Crippen LogP contribution in [0.5, 0.6) is 0 Å². The molecule has 0 spiro atoms. The van der Waals surface area contributed by atoms with Crippen LogP contribution >= 0.6 is 15.9 Å². The number of carboxylic acid groups (broad SMARTS) is 1. The Hall–Kier alpha value is -1.36. The van der Waals surface area contributed by atoms with Gasteiger partial charge in [-0.3, -0.25) is 4.79 Å². The van der Waals surface area contributed by atoms with Gasteiger partial charge in [0.15, 0.2) is 0 Å². The molecule has 0 fully saturated rings. The number of nitrogens with zero attached hydrogens (tertiary/aromatic N) is 1. The van der Waals surface area contributed by atoms with Gasteiger partial charge in [-0.15, -0.1) is 0 Å². The fraction of sp³-hybridized carbons (Fsp3) is 0.385. The van der Waals surface area contributed by atoms with Crippen LogP contribution in [-0.2, 0) is 22.6 Å². The zero-order valence-electron chi connectivity index (χ0n) is 10.0. The molecule has 0 bridgehead atoms. The second-order valence-corrected chi connectivity index (χ2v) is 5.17. The van der Waals surface area contributed by atoms with E-state index in [1.165, 1.54) is 4.90 Å². The van der Waals surface area contributed by atoms with Gasteiger partial charge in [0.05, 0.1) is 0 Å². The van der Waals surface area contributed by atoms with Crippen molar-refractivity contribution in [2.45, 2.75) is 32.4 Å². The molecule has 1 aromatic rings. The lowest BCUT2D eigenvalue weighted by molar-refractivity contribution is -0.151. The zero-order chi connectivity index (χ0) is 13.3. The molecular formula is C13H14BrNO3. The molecule has 0 aliphatic carbocycles. The molecule has 0 saturated heterocycles. The maximum atomic E-state index is 11.8. The first-order valence-electron chi connectivity index (χ1n) is 5.83. The molecule has 0 saturated carbocycles. The normalized spacial score (nSPS) is 18.3. The van der Waals surface area contributed by atoms with Gasteiger partial charge >= 0.3 is 5.97 Å². The maximum Gasteiger partial charge on any atom is 0.326 e. The van der Waals surface area contributed by atoms with Gasteiger partial charge < -0.3 is 10.0 Å². The number of rotatable bonds is 2. The van der Waals surface area contributed by atoms with Crippen LogP contribution in [0.15, 0.2) is 22.7 Å². The SMILES string of the molecule is CCC(=O)N1Cc2cccc(Br)c2CC1C(=O)O. The molecule has 0 aromatic heterocycles. The van der Waals surface area contributed by atoms with Crippen molar-refractivity contribution in [1.29, 1.82) is 0 Å². The Morgan fingerprint density at radius 3 is 2.83 bits per heavy atom. The quantitative estimate of drug-likeness (QED) is 0.911. The Morgan fingerprint density at radius 2 is 2.22 bits per heavy atom. The Kier molecular flexibility index (Phi) is 3.71. The summed E-state index contributed by atoms with van der Waals surface area (Å²) >= 11 is 3.44. The van der Waals surface area contributed by atoms with Gasteiger partial charge in [-0.1, -0.05) is 35.0 Å². The predicted octanol–water partition coefficient (Wildman–Crippen LogP) is 2.20. The summed E-state index contributed by atoms with van der Waals surface area (Å²) in [6.07, 6.45) is 0.685. The first kappa shape index (κ1) is 13.1. The molecule has 96 valence electrons. The first-order valence-corrected chi connectivity index (χ1v) is 6.62. The number of halogens is 1. The Labute approximate surface area is 114 Å². The van der Waals surface area contributed by atoms with Crippen molar-refractivity contribution in [3.05, 3.63) is 33.8 Å². The highest BCUT2D eigenvalue weighted by atomic mass is 79.9. The van der Waals surface area contributed by atoms with Crippen molar-refractivity contribution in [3.8, 4) is 0 Å². The van der Waals surface area contributed by atoms with Gasteiger partial charge in [-0.05, 0) is 17.2 Å². The molecule has 1 aliphatic rings. The van der Waals surface area contributed by atoms with E-state index in [2.05, 4.69) is 15.9 Å². The number of carbonyl (C=O) groups is 2. The van der Waals surface area contributed by atoms with Crippen LogP contribution in [-0.4, -0.2) is 27.9 Å². The smallest absolute Gasteiger partial charge is 0.326 e. The molecule has 0 radical (unpaired) electrons. The summed E-state index contributed by atoms with van der Waals surface area (Å²) in [5, 5.41) is 9.26. The summed E-state index contributed by atoms with van der Waals surface area (Å²) < 4.78 is 0.912. The predicted molar refractivity (Wildman–Crippen MR) is 70.1 cm³/mol. The Bertz CT molecular complexity index is 501. The minimum absolute atomic E-state index is 0.118. The van der Waals surface area contributed by atoms with Gasteiger partial charge in [0.25, 0.3) is 0 Å². The third-order valence-corrected chi connectivity index (χ3v) is 3.98. The number of benzene rings is 1. The van der Waals surface area contributed by atoms with E-state index in [-0.39, 0.29) is 5.91 Å². The van der Waals surface area contributed by atoms with Gasteiger partial charge in [-0.2, -0.15) is 0 Å². The van der Waals surface area contributed by atoms with Gasteiger partial charge in [-0.25, -0.2) is 4.79 Å². The lowest BCUT2D eigenvalue weighted by Gasteiger charge is -2.34. The highest BCUT2D eigenvalue weighted by molar-refractivity contribution is 9.10. The van der Waals surface area contributed by atoms with Crippen molar-refractivity contribution >= 4 is 27.8 Å². The van der Waals surface area contributed by atoms with Gasteiger partial charge in [0, 0.05) is 23.9 Å². The lowest BCUT2D eigenvalue weighted by Crippen LogP contribution is -2.48. The lowest BCUT2D eigenvalue weighted by atomic mass is 9.93. The number of amides is 1. The van der Waals surface area contributed by atoms with E-state index in [1.807, 2.05) is 18.2 Å². The third-order valence-electron chi connectivity index (χ3n) is 3.24. The molecule has 18 heavy (non-hydrogen) atoms. The van der Waals surface area contributed by atoms with Crippen molar-refractivity contribution in [2.24, 2.45) is 0 Å². The average Bonchev–Trinajstić information content (AvgIpc) is 2.36. The number of carbonyl (C=O) groups excluding carboxylic acids is 1. The van der Waals surface area contributed by atoms with Crippen LogP contribution in [0.3, 0.4) is 0 Å². The minimum Gasteiger partial charge on any atom is -0.480 e. The van der Waals surface area contributed by atoms with Crippen molar-refractivity contribution < 1.29 is 14.7 Å². The summed E-state index contributed by atoms with van der Waals surface area (Å²) in [7, 11) is 0. The minimum atomic E-state index is -0.946.